The van der Waals surface area contributed by atoms with E-state index in [1.807, 2.05) is 99.6 Å². The summed E-state index contributed by atoms with van der Waals surface area (Å²) < 4.78 is 7.57. The van der Waals surface area contributed by atoms with Crippen molar-refractivity contribution >= 4 is 17.6 Å². The molecule has 0 bridgehead atoms. The summed E-state index contributed by atoms with van der Waals surface area (Å²) in [5.41, 5.74) is 8.31. The Kier molecular flexibility index (Phi) is 7.10. The molecular formula is C33H29N3O3. The maximum atomic E-state index is 12.7. The number of aryl methyl sites for hydroxylation is 3. The van der Waals surface area contributed by atoms with Crippen molar-refractivity contribution in [2.45, 2.75) is 27.7 Å². The molecule has 6 nitrogen and oxygen atoms in total. The van der Waals surface area contributed by atoms with Gasteiger partial charge in [-0.25, -0.2) is 0 Å². The van der Waals surface area contributed by atoms with Crippen LogP contribution in [0.4, 0.5) is 5.69 Å². The number of rotatable bonds is 6. The molecule has 1 amide bonds. The van der Waals surface area contributed by atoms with E-state index in [0.29, 0.717) is 28.4 Å². The number of nitrogens with one attached hydrogen (secondary N) is 1. The molecule has 6 heteroatoms. The molecule has 4 aromatic carbocycles. The van der Waals surface area contributed by atoms with Gasteiger partial charge in [-0.15, -0.1) is 0 Å². The first-order valence-corrected chi connectivity index (χ1v) is 12.7. The lowest BCUT2D eigenvalue weighted by molar-refractivity contribution is -0.132. The van der Waals surface area contributed by atoms with Crippen molar-refractivity contribution in [3.05, 3.63) is 119 Å². The van der Waals surface area contributed by atoms with Crippen LogP contribution in [0.1, 0.15) is 34.0 Å². The van der Waals surface area contributed by atoms with Gasteiger partial charge in [0.15, 0.2) is 0 Å². The van der Waals surface area contributed by atoms with Gasteiger partial charge in [0.05, 0.1) is 11.3 Å². The minimum Gasteiger partial charge on any atom is -0.407 e. The summed E-state index contributed by atoms with van der Waals surface area (Å²) >= 11 is 0. The van der Waals surface area contributed by atoms with E-state index in [1.165, 1.54) is 6.92 Å². The Morgan fingerprint density at radius 3 is 2.18 bits per heavy atom. The van der Waals surface area contributed by atoms with Gasteiger partial charge < -0.3 is 10.1 Å². The Morgan fingerprint density at radius 2 is 1.49 bits per heavy atom. The van der Waals surface area contributed by atoms with Gasteiger partial charge in [0.1, 0.15) is 5.69 Å². The van der Waals surface area contributed by atoms with Crippen LogP contribution in [0.15, 0.2) is 97.1 Å². The van der Waals surface area contributed by atoms with E-state index in [2.05, 4.69) is 11.4 Å². The van der Waals surface area contributed by atoms with Gasteiger partial charge in [-0.3, -0.25) is 9.59 Å². The second-order valence-electron chi connectivity index (χ2n) is 9.59. The summed E-state index contributed by atoms with van der Waals surface area (Å²) in [6, 6.07) is 30.7. The number of amides is 1. The van der Waals surface area contributed by atoms with E-state index in [4.69, 9.17) is 9.84 Å². The van der Waals surface area contributed by atoms with Crippen molar-refractivity contribution in [2.75, 3.05) is 5.32 Å². The monoisotopic (exact) mass is 515 g/mol. The molecule has 1 aromatic heterocycles. The van der Waals surface area contributed by atoms with Crippen LogP contribution < -0.4 is 10.1 Å². The normalized spacial score (nSPS) is 10.8. The van der Waals surface area contributed by atoms with Crippen LogP contribution in [0, 0.1) is 20.8 Å². The fraction of sp³-hybridized carbons (Fsp3) is 0.121. The number of anilines is 1. The largest absolute Gasteiger partial charge is 0.407 e. The van der Waals surface area contributed by atoms with Crippen LogP contribution in [-0.2, 0) is 4.79 Å². The third-order valence-electron chi connectivity index (χ3n) is 6.44. The van der Waals surface area contributed by atoms with E-state index in [1.54, 1.807) is 16.8 Å². The van der Waals surface area contributed by atoms with E-state index in [0.717, 1.165) is 33.5 Å². The third kappa shape index (κ3) is 5.50. The number of carbonyl (C=O) groups is 2. The minimum absolute atomic E-state index is 0.188. The molecule has 0 aliphatic carbocycles. The zero-order chi connectivity index (χ0) is 27.5. The molecule has 0 saturated carbocycles. The fourth-order valence-corrected chi connectivity index (χ4v) is 4.51. The molecule has 5 aromatic rings. The summed E-state index contributed by atoms with van der Waals surface area (Å²) in [6.45, 7) is 7.44. The average molecular weight is 516 g/mol. The lowest BCUT2D eigenvalue weighted by Gasteiger charge is -2.12. The number of aromatic nitrogens is 2. The third-order valence-corrected chi connectivity index (χ3v) is 6.44. The first kappa shape index (κ1) is 25.7. The summed E-state index contributed by atoms with van der Waals surface area (Å²) in [5, 5.41) is 7.94. The molecule has 0 radical (unpaired) electrons. The standard InChI is InChI=1S/C33H29N3O3/c1-21-9-8-12-27(19-21)31-30(25-15-17-28(18-16-25)34-32(38)26-10-6-5-7-11-26)33(39-24(4)37)36(35-31)29-20-22(2)13-14-23(29)3/h5-20H,1-4H3,(H,34,38). The SMILES string of the molecule is CC(=O)Oc1c(-c2ccc(NC(=O)c3ccccc3)cc2)c(-c2cccc(C)c2)nn1-c1cc(C)ccc1C. The van der Waals surface area contributed by atoms with Crippen molar-refractivity contribution < 1.29 is 14.3 Å². The predicted molar refractivity (Wildman–Crippen MR) is 154 cm³/mol. The van der Waals surface area contributed by atoms with Gasteiger partial charge in [-0.2, -0.15) is 9.78 Å². The quantitative estimate of drug-likeness (QED) is 0.241. The number of ether oxygens (including phenoxy) is 1. The lowest BCUT2D eigenvalue weighted by Crippen LogP contribution is -2.11. The van der Waals surface area contributed by atoms with Gasteiger partial charge in [0.2, 0.25) is 5.88 Å². The summed E-state index contributed by atoms with van der Waals surface area (Å²) in [7, 11) is 0. The zero-order valence-electron chi connectivity index (χ0n) is 22.4. The molecule has 194 valence electrons. The number of esters is 1. The van der Waals surface area contributed by atoms with Crippen molar-refractivity contribution in [2.24, 2.45) is 0 Å². The first-order valence-electron chi connectivity index (χ1n) is 12.7. The number of nitrogens with zero attached hydrogens (tertiary/aromatic N) is 2. The molecule has 1 N–H and O–H groups in total. The fourth-order valence-electron chi connectivity index (χ4n) is 4.51. The van der Waals surface area contributed by atoms with Crippen LogP contribution in [0.25, 0.3) is 28.1 Å². The predicted octanol–water partition coefficient (Wildman–Crippen LogP) is 7.31. The van der Waals surface area contributed by atoms with E-state index in [9.17, 15) is 9.59 Å². The lowest BCUT2D eigenvalue weighted by atomic mass is 9.99. The highest BCUT2D eigenvalue weighted by molar-refractivity contribution is 6.04. The molecule has 0 spiro atoms. The van der Waals surface area contributed by atoms with Crippen LogP contribution in [0.3, 0.4) is 0 Å². The molecule has 0 aliphatic rings. The Balaban J connectivity index is 1.66. The number of hydrogen-bond donors (Lipinski definition) is 1. The van der Waals surface area contributed by atoms with E-state index < -0.39 is 5.97 Å². The zero-order valence-corrected chi connectivity index (χ0v) is 22.4. The molecular weight excluding hydrogens is 486 g/mol. The van der Waals surface area contributed by atoms with E-state index >= 15 is 0 Å². The van der Waals surface area contributed by atoms with E-state index in [-0.39, 0.29) is 5.91 Å². The second-order valence-corrected chi connectivity index (χ2v) is 9.59. The van der Waals surface area contributed by atoms with Crippen LogP contribution in [0.5, 0.6) is 5.88 Å². The van der Waals surface area contributed by atoms with Crippen LogP contribution in [0.2, 0.25) is 0 Å². The maximum Gasteiger partial charge on any atom is 0.309 e. The summed E-state index contributed by atoms with van der Waals surface area (Å²) in [5.74, 6) is -0.286. The Labute approximate surface area is 227 Å². The number of benzene rings is 4. The molecule has 0 saturated heterocycles. The molecule has 0 aliphatic heterocycles. The Hall–Kier alpha value is -4.97. The second kappa shape index (κ2) is 10.8. The van der Waals surface area contributed by atoms with Crippen molar-refractivity contribution in [1.82, 2.24) is 9.78 Å². The molecule has 0 unspecified atom stereocenters. The Bertz CT molecular complexity index is 1670. The molecule has 5 rings (SSSR count). The highest BCUT2D eigenvalue weighted by Crippen LogP contribution is 2.42. The Morgan fingerprint density at radius 1 is 0.769 bits per heavy atom. The summed E-state index contributed by atoms with van der Waals surface area (Å²) in [6.07, 6.45) is 0. The van der Waals surface area contributed by atoms with Gasteiger partial charge in [0.25, 0.3) is 5.91 Å². The van der Waals surface area contributed by atoms with Crippen molar-refractivity contribution in [3.8, 4) is 34.0 Å². The van der Waals surface area contributed by atoms with Gasteiger partial charge in [0, 0.05) is 23.7 Å². The molecule has 0 atom stereocenters. The smallest absolute Gasteiger partial charge is 0.309 e. The van der Waals surface area contributed by atoms with Crippen molar-refractivity contribution in [1.29, 1.82) is 0 Å². The van der Waals surface area contributed by atoms with Crippen LogP contribution >= 0.6 is 0 Å². The number of hydrogen-bond acceptors (Lipinski definition) is 4. The van der Waals surface area contributed by atoms with Crippen LogP contribution in [-0.4, -0.2) is 21.7 Å². The topological polar surface area (TPSA) is 73.2 Å². The van der Waals surface area contributed by atoms with Gasteiger partial charge >= 0.3 is 5.97 Å². The minimum atomic E-state index is -0.440. The average Bonchev–Trinajstić information content (AvgIpc) is 3.29. The maximum absolute atomic E-state index is 12.7. The highest BCUT2D eigenvalue weighted by Gasteiger charge is 2.25. The highest BCUT2D eigenvalue weighted by atomic mass is 16.5. The number of carbonyl (C=O) groups excluding carboxylic acids is 2. The van der Waals surface area contributed by atoms with Gasteiger partial charge in [-0.05, 0) is 73.9 Å². The first-order chi connectivity index (χ1) is 18.8. The van der Waals surface area contributed by atoms with Gasteiger partial charge in [-0.1, -0.05) is 66.2 Å². The van der Waals surface area contributed by atoms with Crippen molar-refractivity contribution in [3.63, 3.8) is 0 Å². The molecule has 39 heavy (non-hydrogen) atoms. The summed E-state index contributed by atoms with van der Waals surface area (Å²) in [4.78, 5) is 25.0. The molecule has 0 fully saturated rings. The molecule has 1 heterocycles.